The number of hydrogen-bond donors (Lipinski definition) is 2. The molecule has 0 fully saturated rings. The number of carbonyl (C=O) groups excluding carboxylic acids is 2. The molecule has 126 valence electrons. The molecular weight excluding hydrogens is 328 g/mol. The lowest BCUT2D eigenvalue weighted by Gasteiger charge is -2.12. The molecule has 0 unspecified atom stereocenters. The maximum atomic E-state index is 12.4. The van der Waals surface area contributed by atoms with Crippen LogP contribution < -0.4 is 15.4 Å². The number of anilines is 1. The summed E-state index contributed by atoms with van der Waals surface area (Å²) < 4.78 is 5.12. The van der Waals surface area contributed by atoms with Crippen LogP contribution >= 0.6 is 11.6 Å². The van der Waals surface area contributed by atoms with E-state index >= 15 is 0 Å². The van der Waals surface area contributed by atoms with Crippen molar-refractivity contribution in [2.24, 2.45) is 0 Å². The minimum absolute atomic E-state index is 0.255. The zero-order chi connectivity index (χ0) is 17.5. The van der Waals surface area contributed by atoms with Crippen molar-refractivity contribution in [1.29, 1.82) is 0 Å². The number of ether oxygens (including phenoxy) is 1. The summed E-state index contributed by atoms with van der Waals surface area (Å²) in [6, 6.07) is 11.5. The van der Waals surface area contributed by atoms with Crippen molar-refractivity contribution in [2.75, 3.05) is 19.0 Å². The number of carbonyl (C=O) groups is 2. The SMILES string of the molecule is CCCNC(=O)c1ccc(Cl)cc1NC(=O)c1cccc(OC)c1. The first-order valence-corrected chi connectivity index (χ1v) is 7.96. The number of methoxy groups -OCH3 is 1. The van der Waals surface area contributed by atoms with Crippen LogP contribution in [0, 0.1) is 0 Å². The Bertz CT molecular complexity index is 747. The molecule has 0 spiro atoms. The monoisotopic (exact) mass is 346 g/mol. The zero-order valence-electron chi connectivity index (χ0n) is 13.6. The Hall–Kier alpha value is -2.53. The van der Waals surface area contributed by atoms with Gasteiger partial charge in [-0.3, -0.25) is 9.59 Å². The Morgan fingerprint density at radius 1 is 1.12 bits per heavy atom. The Morgan fingerprint density at radius 2 is 1.92 bits per heavy atom. The molecule has 0 heterocycles. The summed E-state index contributed by atoms with van der Waals surface area (Å²) in [5, 5.41) is 5.96. The van der Waals surface area contributed by atoms with Crippen molar-refractivity contribution < 1.29 is 14.3 Å². The van der Waals surface area contributed by atoms with Crippen LogP contribution in [0.5, 0.6) is 5.75 Å². The van der Waals surface area contributed by atoms with Gasteiger partial charge in [-0.25, -0.2) is 0 Å². The molecule has 2 rings (SSSR count). The minimum atomic E-state index is -0.347. The molecule has 0 saturated heterocycles. The third-order valence-electron chi connectivity index (χ3n) is 3.34. The van der Waals surface area contributed by atoms with Gasteiger partial charge in [0.1, 0.15) is 5.75 Å². The van der Waals surface area contributed by atoms with Gasteiger partial charge in [-0.05, 0) is 42.8 Å². The molecule has 0 aliphatic carbocycles. The summed E-state index contributed by atoms with van der Waals surface area (Å²) in [5.74, 6) is -0.0233. The average Bonchev–Trinajstić information content (AvgIpc) is 2.59. The van der Waals surface area contributed by atoms with Gasteiger partial charge in [0, 0.05) is 17.1 Å². The predicted molar refractivity (Wildman–Crippen MR) is 95.0 cm³/mol. The molecule has 2 aromatic carbocycles. The zero-order valence-corrected chi connectivity index (χ0v) is 14.3. The lowest BCUT2D eigenvalue weighted by molar-refractivity contribution is 0.0954. The van der Waals surface area contributed by atoms with Crippen LogP contribution in [0.1, 0.15) is 34.1 Å². The van der Waals surface area contributed by atoms with Gasteiger partial charge in [0.15, 0.2) is 0 Å². The van der Waals surface area contributed by atoms with Gasteiger partial charge in [0.2, 0.25) is 0 Å². The molecule has 2 aromatic rings. The maximum Gasteiger partial charge on any atom is 0.255 e. The van der Waals surface area contributed by atoms with E-state index < -0.39 is 0 Å². The molecule has 0 aromatic heterocycles. The second-order valence-electron chi connectivity index (χ2n) is 5.13. The highest BCUT2D eigenvalue weighted by Gasteiger charge is 2.15. The van der Waals surface area contributed by atoms with E-state index in [1.807, 2.05) is 6.92 Å². The normalized spacial score (nSPS) is 10.1. The van der Waals surface area contributed by atoms with Crippen LogP contribution in [0.4, 0.5) is 5.69 Å². The predicted octanol–water partition coefficient (Wildman–Crippen LogP) is 3.74. The quantitative estimate of drug-likeness (QED) is 0.837. The molecule has 2 N–H and O–H groups in total. The van der Waals surface area contributed by atoms with Gasteiger partial charge >= 0.3 is 0 Å². The second-order valence-corrected chi connectivity index (χ2v) is 5.57. The van der Waals surface area contributed by atoms with Gasteiger partial charge in [0.05, 0.1) is 18.4 Å². The van der Waals surface area contributed by atoms with Gasteiger partial charge in [-0.2, -0.15) is 0 Å². The van der Waals surface area contributed by atoms with Crippen LogP contribution in [-0.2, 0) is 0 Å². The average molecular weight is 347 g/mol. The highest BCUT2D eigenvalue weighted by molar-refractivity contribution is 6.31. The fourth-order valence-corrected chi connectivity index (χ4v) is 2.28. The van der Waals surface area contributed by atoms with E-state index in [1.54, 1.807) is 42.5 Å². The lowest BCUT2D eigenvalue weighted by Crippen LogP contribution is -2.25. The van der Waals surface area contributed by atoms with Crippen molar-refractivity contribution in [1.82, 2.24) is 5.32 Å². The van der Waals surface area contributed by atoms with Crippen LogP contribution in [0.3, 0.4) is 0 Å². The van der Waals surface area contributed by atoms with E-state index in [9.17, 15) is 9.59 Å². The number of rotatable bonds is 6. The van der Waals surface area contributed by atoms with Crippen molar-refractivity contribution in [2.45, 2.75) is 13.3 Å². The molecule has 5 nitrogen and oxygen atoms in total. The highest BCUT2D eigenvalue weighted by Crippen LogP contribution is 2.22. The molecule has 2 amide bonds. The van der Waals surface area contributed by atoms with E-state index in [0.29, 0.717) is 34.1 Å². The van der Waals surface area contributed by atoms with Crippen LogP contribution in [0.2, 0.25) is 5.02 Å². The number of nitrogens with one attached hydrogen (secondary N) is 2. The van der Waals surface area contributed by atoms with E-state index in [0.717, 1.165) is 6.42 Å². The fraction of sp³-hybridized carbons (Fsp3) is 0.222. The molecule has 0 bridgehead atoms. The number of hydrogen-bond acceptors (Lipinski definition) is 3. The fourth-order valence-electron chi connectivity index (χ4n) is 2.11. The van der Waals surface area contributed by atoms with Crippen molar-refractivity contribution in [3.63, 3.8) is 0 Å². The Morgan fingerprint density at radius 3 is 2.62 bits per heavy atom. The summed E-state index contributed by atoms with van der Waals surface area (Å²) in [6.07, 6.45) is 0.824. The van der Waals surface area contributed by atoms with Crippen LogP contribution in [0.25, 0.3) is 0 Å². The summed E-state index contributed by atoms with van der Waals surface area (Å²) in [6.45, 7) is 2.53. The minimum Gasteiger partial charge on any atom is -0.497 e. The molecule has 0 atom stereocenters. The molecule has 24 heavy (non-hydrogen) atoms. The van der Waals surface area contributed by atoms with Gasteiger partial charge < -0.3 is 15.4 Å². The number of halogens is 1. The van der Waals surface area contributed by atoms with Crippen molar-refractivity contribution in [3.05, 3.63) is 58.6 Å². The van der Waals surface area contributed by atoms with E-state index in [2.05, 4.69) is 10.6 Å². The number of amides is 2. The number of benzene rings is 2. The highest BCUT2D eigenvalue weighted by atomic mass is 35.5. The first-order chi connectivity index (χ1) is 11.5. The van der Waals surface area contributed by atoms with E-state index in [-0.39, 0.29) is 11.8 Å². The van der Waals surface area contributed by atoms with E-state index in [4.69, 9.17) is 16.3 Å². The van der Waals surface area contributed by atoms with E-state index in [1.165, 1.54) is 7.11 Å². The molecule has 0 aliphatic heterocycles. The van der Waals surface area contributed by atoms with Gasteiger partial charge in [-0.15, -0.1) is 0 Å². The Labute approximate surface area is 146 Å². The summed E-state index contributed by atoms with van der Waals surface area (Å²) in [7, 11) is 1.53. The molecule has 0 saturated carbocycles. The van der Waals surface area contributed by atoms with Crippen molar-refractivity contribution in [3.8, 4) is 5.75 Å². The first kappa shape index (κ1) is 17.8. The molecule has 6 heteroatoms. The largest absolute Gasteiger partial charge is 0.497 e. The maximum absolute atomic E-state index is 12.4. The third-order valence-corrected chi connectivity index (χ3v) is 3.58. The standard InChI is InChI=1S/C18H19ClN2O3/c1-3-9-20-18(23)15-8-7-13(19)11-16(15)21-17(22)12-5-4-6-14(10-12)24-2/h4-8,10-11H,3,9H2,1-2H3,(H,20,23)(H,21,22). The van der Waals surface area contributed by atoms with Gasteiger partial charge in [-0.1, -0.05) is 24.6 Å². The van der Waals surface area contributed by atoms with Crippen LogP contribution in [-0.4, -0.2) is 25.5 Å². The van der Waals surface area contributed by atoms with Gasteiger partial charge in [0.25, 0.3) is 11.8 Å². The first-order valence-electron chi connectivity index (χ1n) is 7.58. The Kier molecular flexibility index (Phi) is 6.21. The summed E-state index contributed by atoms with van der Waals surface area (Å²) in [5.41, 5.74) is 1.15. The summed E-state index contributed by atoms with van der Waals surface area (Å²) >= 11 is 6.00. The molecule has 0 aliphatic rings. The van der Waals surface area contributed by atoms with Crippen LogP contribution in [0.15, 0.2) is 42.5 Å². The third kappa shape index (κ3) is 4.49. The topological polar surface area (TPSA) is 67.4 Å². The second kappa shape index (κ2) is 8.36. The smallest absolute Gasteiger partial charge is 0.255 e. The molecule has 0 radical (unpaired) electrons. The molecular formula is C18H19ClN2O3. The summed E-state index contributed by atoms with van der Waals surface area (Å²) in [4.78, 5) is 24.7. The lowest BCUT2D eigenvalue weighted by atomic mass is 10.1. The van der Waals surface area contributed by atoms with Crippen molar-refractivity contribution >= 4 is 29.1 Å². The Balaban J connectivity index is 2.25.